The zero-order valence-electron chi connectivity index (χ0n) is 11.2. The number of para-hydroxylation sites is 1. The Kier molecular flexibility index (Phi) is 3.45. The third-order valence-corrected chi connectivity index (χ3v) is 3.82. The standard InChI is InChI=1S/C16H13ClO4/c1-20-16(10-6-8-11(17)9-7-10)15(19)14(18)12-4-2-3-5-13(12)21-16/h2-9,15,19H,1H3. The van der Waals surface area contributed by atoms with Gasteiger partial charge in [-0.15, -0.1) is 0 Å². The third-order valence-electron chi connectivity index (χ3n) is 3.57. The molecule has 1 N–H and O–H groups in total. The summed E-state index contributed by atoms with van der Waals surface area (Å²) in [6.45, 7) is 0. The number of ether oxygens (including phenoxy) is 2. The van der Waals surface area contributed by atoms with E-state index in [9.17, 15) is 9.90 Å². The lowest BCUT2D eigenvalue weighted by Gasteiger charge is -2.40. The highest BCUT2D eigenvalue weighted by atomic mass is 35.5. The van der Waals surface area contributed by atoms with Gasteiger partial charge in [0.15, 0.2) is 6.10 Å². The molecule has 2 atom stereocenters. The molecule has 5 heteroatoms. The molecule has 2 unspecified atom stereocenters. The zero-order chi connectivity index (χ0) is 15.0. The first-order chi connectivity index (χ1) is 10.1. The Bertz CT molecular complexity index is 683. The van der Waals surface area contributed by atoms with Crippen molar-refractivity contribution in [3.63, 3.8) is 0 Å². The fraction of sp³-hybridized carbons (Fsp3) is 0.188. The fourth-order valence-electron chi connectivity index (χ4n) is 2.47. The number of benzene rings is 2. The monoisotopic (exact) mass is 304 g/mol. The molecule has 0 aliphatic carbocycles. The van der Waals surface area contributed by atoms with Crippen molar-refractivity contribution >= 4 is 17.4 Å². The number of hydrogen-bond acceptors (Lipinski definition) is 4. The molecule has 1 aliphatic heterocycles. The van der Waals surface area contributed by atoms with E-state index in [0.29, 0.717) is 21.9 Å². The smallest absolute Gasteiger partial charge is 0.270 e. The van der Waals surface area contributed by atoms with Crippen LogP contribution in [0.2, 0.25) is 5.02 Å². The predicted molar refractivity (Wildman–Crippen MR) is 77.5 cm³/mol. The van der Waals surface area contributed by atoms with Gasteiger partial charge < -0.3 is 14.6 Å². The Morgan fingerprint density at radius 2 is 1.86 bits per heavy atom. The average molecular weight is 305 g/mol. The van der Waals surface area contributed by atoms with Crippen LogP contribution in [0.25, 0.3) is 0 Å². The van der Waals surface area contributed by atoms with Gasteiger partial charge in [0, 0.05) is 17.7 Å². The summed E-state index contributed by atoms with van der Waals surface area (Å²) < 4.78 is 11.2. The molecule has 2 aromatic carbocycles. The summed E-state index contributed by atoms with van der Waals surface area (Å²) in [5, 5.41) is 11.0. The predicted octanol–water partition coefficient (Wildman–Crippen LogP) is 2.78. The lowest BCUT2D eigenvalue weighted by Crippen LogP contribution is -2.53. The second-order valence-corrected chi connectivity index (χ2v) is 5.18. The number of fused-ring (bicyclic) bond motifs is 1. The second kappa shape index (κ2) is 5.15. The van der Waals surface area contributed by atoms with E-state index >= 15 is 0 Å². The van der Waals surface area contributed by atoms with Crippen LogP contribution < -0.4 is 4.74 Å². The molecule has 0 amide bonds. The van der Waals surface area contributed by atoms with E-state index in [1.54, 1.807) is 48.5 Å². The summed E-state index contributed by atoms with van der Waals surface area (Å²) in [5.41, 5.74) is 0.858. The number of ketones is 1. The molecule has 0 saturated heterocycles. The number of rotatable bonds is 2. The molecule has 21 heavy (non-hydrogen) atoms. The maximum absolute atomic E-state index is 12.4. The first kappa shape index (κ1) is 14.1. The molecule has 4 nitrogen and oxygen atoms in total. The van der Waals surface area contributed by atoms with Crippen molar-refractivity contribution in [1.82, 2.24) is 0 Å². The van der Waals surface area contributed by atoms with E-state index in [1.165, 1.54) is 7.11 Å². The molecule has 3 rings (SSSR count). The lowest BCUT2D eigenvalue weighted by molar-refractivity contribution is -0.223. The molecule has 108 valence electrons. The van der Waals surface area contributed by atoms with Crippen molar-refractivity contribution < 1.29 is 19.4 Å². The van der Waals surface area contributed by atoms with E-state index in [0.717, 1.165) is 0 Å². The number of hydrogen-bond donors (Lipinski definition) is 1. The first-order valence-electron chi connectivity index (χ1n) is 6.40. The van der Waals surface area contributed by atoms with Gasteiger partial charge in [-0.3, -0.25) is 4.79 Å². The van der Waals surface area contributed by atoms with Gasteiger partial charge in [-0.2, -0.15) is 0 Å². The van der Waals surface area contributed by atoms with Crippen LogP contribution in [-0.2, 0) is 10.5 Å². The quantitative estimate of drug-likeness (QED) is 0.927. The molecule has 2 aromatic rings. The van der Waals surface area contributed by atoms with Gasteiger partial charge in [0.1, 0.15) is 5.75 Å². The molecular formula is C16H13ClO4. The molecule has 1 aliphatic rings. The van der Waals surface area contributed by atoms with Gasteiger partial charge in [0.05, 0.1) is 5.56 Å². The Labute approximate surface area is 126 Å². The van der Waals surface area contributed by atoms with Crippen LogP contribution in [0.1, 0.15) is 15.9 Å². The minimum Gasteiger partial charge on any atom is -0.454 e. The summed E-state index contributed by atoms with van der Waals surface area (Å²) in [5.74, 6) is -1.63. The van der Waals surface area contributed by atoms with Crippen LogP contribution in [0, 0.1) is 0 Å². The molecular weight excluding hydrogens is 292 g/mol. The highest BCUT2D eigenvalue weighted by Gasteiger charge is 2.51. The molecule has 0 bridgehead atoms. The molecule has 0 saturated carbocycles. The van der Waals surface area contributed by atoms with Crippen LogP contribution in [-0.4, -0.2) is 24.1 Å². The largest absolute Gasteiger partial charge is 0.454 e. The van der Waals surface area contributed by atoms with E-state index < -0.39 is 17.7 Å². The van der Waals surface area contributed by atoms with Crippen LogP contribution in [0.5, 0.6) is 5.75 Å². The van der Waals surface area contributed by atoms with Gasteiger partial charge in [0.25, 0.3) is 5.79 Å². The number of aliphatic hydroxyl groups is 1. The van der Waals surface area contributed by atoms with Crippen LogP contribution in [0.4, 0.5) is 0 Å². The highest BCUT2D eigenvalue weighted by molar-refractivity contribution is 6.30. The summed E-state index contributed by atoms with van der Waals surface area (Å²) in [6.07, 6.45) is -1.46. The van der Waals surface area contributed by atoms with Gasteiger partial charge in [0.2, 0.25) is 5.78 Å². The number of aliphatic hydroxyl groups excluding tert-OH is 1. The van der Waals surface area contributed by atoms with Crippen molar-refractivity contribution in [3.05, 3.63) is 64.7 Å². The molecule has 1 heterocycles. The lowest BCUT2D eigenvalue weighted by atomic mass is 9.90. The number of halogens is 1. The van der Waals surface area contributed by atoms with Crippen molar-refractivity contribution in [1.29, 1.82) is 0 Å². The molecule has 0 fully saturated rings. The first-order valence-corrected chi connectivity index (χ1v) is 6.78. The maximum Gasteiger partial charge on any atom is 0.270 e. The minimum absolute atomic E-state index is 0.339. The molecule has 0 spiro atoms. The second-order valence-electron chi connectivity index (χ2n) is 4.74. The average Bonchev–Trinajstić information content (AvgIpc) is 2.52. The van der Waals surface area contributed by atoms with Crippen LogP contribution in [0.15, 0.2) is 48.5 Å². The van der Waals surface area contributed by atoms with Gasteiger partial charge in [-0.25, -0.2) is 0 Å². The number of carbonyl (C=O) groups is 1. The van der Waals surface area contributed by atoms with E-state index in [2.05, 4.69) is 0 Å². The van der Waals surface area contributed by atoms with Crippen molar-refractivity contribution in [2.45, 2.75) is 11.9 Å². The molecule has 0 aromatic heterocycles. The minimum atomic E-state index is -1.57. The maximum atomic E-state index is 12.4. The topological polar surface area (TPSA) is 55.8 Å². The SMILES string of the molecule is COC1(c2ccc(Cl)cc2)Oc2ccccc2C(=O)C1O. The summed E-state index contributed by atoms with van der Waals surface area (Å²) in [7, 11) is 1.39. The molecule has 0 radical (unpaired) electrons. The van der Waals surface area contributed by atoms with E-state index in [4.69, 9.17) is 21.1 Å². The van der Waals surface area contributed by atoms with Crippen molar-refractivity contribution in [2.24, 2.45) is 0 Å². The van der Waals surface area contributed by atoms with Crippen LogP contribution in [0.3, 0.4) is 0 Å². The van der Waals surface area contributed by atoms with Gasteiger partial charge in [-0.1, -0.05) is 35.9 Å². The summed E-state index contributed by atoms with van der Waals surface area (Å²) >= 11 is 5.87. The summed E-state index contributed by atoms with van der Waals surface area (Å²) in [6, 6.07) is 13.4. The third kappa shape index (κ3) is 2.12. The normalized spacial score (nSPS) is 24.3. The number of carbonyl (C=O) groups excluding carboxylic acids is 1. The number of methoxy groups -OCH3 is 1. The zero-order valence-corrected chi connectivity index (χ0v) is 12.0. The van der Waals surface area contributed by atoms with Crippen molar-refractivity contribution in [3.8, 4) is 5.75 Å². The summed E-state index contributed by atoms with van der Waals surface area (Å²) in [4.78, 5) is 12.4. The van der Waals surface area contributed by atoms with Gasteiger partial charge >= 0.3 is 0 Å². The van der Waals surface area contributed by atoms with Gasteiger partial charge in [-0.05, 0) is 24.3 Å². The fourth-order valence-corrected chi connectivity index (χ4v) is 2.59. The Morgan fingerprint density at radius 1 is 1.19 bits per heavy atom. The van der Waals surface area contributed by atoms with Crippen LogP contribution >= 0.6 is 11.6 Å². The van der Waals surface area contributed by atoms with Crippen molar-refractivity contribution in [2.75, 3.05) is 7.11 Å². The van der Waals surface area contributed by atoms with E-state index in [-0.39, 0.29) is 0 Å². The van der Waals surface area contributed by atoms with E-state index in [1.807, 2.05) is 0 Å². The number of Topliss-reactive ketones (excluding diaryl/α,β-unsaturated/α-hetero) is 1. The Balaban J connectivity index is 2.15. The Morgan fingerprint density at radius 3 is 2.52 bits per heavy atom. The highest BCUT2D eigenvalue weighted by Crippen LogP contribution is 2.40. The Hall–Kier alpha value is -1.88.